The molecule has 180 valence electrons. The molecule has 34 heavy (non-hydrogen) atoms. The van der Waals surface area contributed by atoms with E-state index in [9.17, 15) is 9.59 Å². The minimum atomic E-state index is -0.308. The largest absolute Gasteiger partial charge is 0.454 e. The summed E-state index contributed by atoms with van der Waals surface area (Å²) in [6.07, 6.45) is 2.65. The second kappa shape index (κ2) is 10.4. The summed E-state index contributed by atoms with van der Waals surface area (Å²) >= 11 is 0. The summed E-state index contributed by atoms with van der Waals surface area (Å²) in [6.45, 7) is 5.87. The number of hydrogen-bond acceptors (Lipinski definition) is 7. The van der Waals surface area contributed by atoms with Gasteiger partial charge in [-0.05, 0) is 37.1 Å². The molecule has 3 aliphatic rings. The van der Waals surface area contributed by atoms with Crippen molar-refractivity contribution in [2.45, 2.75) is 18.9 Å². The van der Waals surface area contributed by atoms with Crippen LogP contribution in [-0.2, 0) is 9.53 Å². The average Bonchev–Trinajstić information content (AvgIpc) is 3.52. The van der Waals surface area contributed by atoms with E-state index in [2.05, 4.69) is 20.4 Å². The predicted octanol–water partition coefficient (Wildman–Crippen LogP) is 2.40. The first-order chi connectivity index (χ1) is 16.6. The van der Waals surface area contributed by atoms with Crippen molar-refractivity contribution in [3.8, 4) is 11.5 Å². The number of fused-ring (bicyclic) bond motifs is 1. The Bertz CT molecular complexity index is 1030. The first-order valence-electron chi connectivity index (χ1n) is 11.8. The highest BCUT2D eigenvalue weighted by atomic mass is 16.7. The molecule has 3 aliphatic heterocycles. The Labute approximate surface area is 198 Å². The molecule has 0 radical (unpaired) electrons. The van der Waals surface area contributed by atoms with Crippen LogP contribution in [-0.4, -0.2) is 80.4 Å². The summed E-state index contributed by atoms with van der Waals surface area (Å²) in [7, 11) is 0. The Balaban J connectivity index is 1.14. The van der Waals surface area contributed by atoms with E-state index >= 15 is 0 Å². The molecule has 9 nitrogen and oxygen atoms in total. The molecule has 2 N–H and O–H groups in total. The van der Waals surface area contributed by atoms with Gasteiger partial charge in [-0.3, -0.25) is 19.4 Å². The molecule has 0 bridgehead atoms. The van der Waals surface area contributed by atoms with Crippen LogP contribution in [0.15, 0.2) is 42.5 Å². The maximum absolute atomic E-state index is 12.9. The van der Waals surface area contributed by atoms with Gasteiger partial charge in [-0.2, -0.15) is 0 Å². The van der Waals surface area contributed by atoms with Crippen LogP contribution in [0.5, 0.6) is 11.5 Å². The summed E-state index contributed by atoms with van der Waals surface area (Å²) in [6, 6.07) is 12.2. The van der Waals surface area contributed by atoms with E-state index in [-0.39, 0.29) is 18.6 Å². The van der Waals surface area contributed by atoms with Gasteiger partial charge in [0.05, 0.1) is 23.9 Å². The van der Waals surface area contributed by atoms with E-state index < -0.39 is 0 Å². The fourth-order valence-corrected chi connectivity index (χ4v) is 4.56. The lowest BCUT2D eigenvalue weighted by atomic mass is 10.1. The lowest BCUT2D eigenvalue weighted by molar-refractivity contribution is -0.117. The fraction of sp³-hybridized carbons (Fsp3) is 0.440. The maximum Gasteiger partial charge on any atom is 0.257 e. The molecule has 5 rings (SSSR count). The number of para-hydroxylation sites is 1. The summed E-state index contributed by atoms with van der Waals surface area (Å²) < 4.78 is 16.4. The first kappa shape index (κ1) is 22.6. The first-order valence-corrected chi connectivity index (χ1v) is 11.8. The van der Waals surface area contributed by atoms with Crippen LogP contribution in [0.4, 0.5) is 11.4 Å². The van der Waals surface area contributed by atoms with Gasteiger partial charge < -0.3 is 24.8 Å². The molecule has 0 aliphatic carbocycles. The maximum atomic E-state index is 12.9. The van der Waals surface area contributed by atoms with Gasteiger partial charge in [0.1, 0.15) is 0 Å². The van der Waals surface area contributed by atoms with Gasteiger partial charge in [0.15, 0.2) is 11.5 Å². The van der Waals surface area contributed by atoms with Crippen molar-refractivity contribution >= 4 is 23.2 Å². The third kappa shape index (κ3) is 5.49. The molecule has 2 aromatic carbocycles. The van der Waals surface area contributed by atoms with Crippen molar-refractivity contribution in [2.75, 3.05) is 63.3 Å². The zero-order valence-electron chi connectivity index (χ0n) is 19.1. The van der Waals surface area contributed by atoms with Crippen LogP contribution in [0.3, 0.4) is 0 Å². The number of benzene rings is 2. The zero-order valence-corrected chi connectivity index (χ0v) is 19.1. The monoisotopic (exact) mass is 466 g/mol. The van der Waals surface area contributed by atoms with E-state index in [1.54, 1.807) is 42.5 Å². The van der Waals surface area contributed by atoms with E-state index in [1.807, 2.05) is 0 Å². The minimum absolute atomic E-state index is 0.129. The summed E-state index contributed by atoms with van der Waals surface area (Å²) in [4.78, 5) is 30.2. The molecule has 0 unspecified atom stereocenters. The number of hydrogen-bond donors (Lipinski definition) is 2. The molecule has 0 spiro atoms. The standard InChI is InChI=1S/C25H30N4O5/c30-24(16-29-11-9-28(10-12-29)15-19-4-3-13-32-19)27-21-6-2-1-5-20(21)25(31)26-18-7-8-22-23(14-18)34-17-33-22/h1-2,5-8,14,19H,3-4,9-13,15-17H2,(H,26,31)(H,27,30)/t19-/m0/s1. The molecule has 0 saturated carbocycles. The summed E-state index contributed by atoms with van der Waals surface area (Å²) in [5.74, 6) is 0.807. The molecule has 1 atom stereocenters. The second-order valence-electron chi connectivity index (χ2n) is 8.83. The molecular weight excluding hydrogens is 436 g/mol. The topological polar surface area (TPSA) is 92.4 Å². The Hall–Kier alpha value is -3.14. The SMILES string of the molecule is O=C(CN1CCN(C[C@@H]2CCCO2)CC1)Nc1ccccc1C(=O)Nc1ccc2c(c1)OCO2. The average molecular weight is 467 g/mol. The van der Waals surface area contributed by atoms with Gasteiger partial charge in [-0.15, -0.1) is 0 Å². The predicted molar refractivity (Wildman–Crippen MR) is 127 cm³/mol. The number of nitrogens with zero attached hydrogens (tertiary/aromatic N) is 2. The fourth-order valence-electron chi connectivity index (χ4n) is 4.56. The van der Waals surface area contributed by atoms with Crippen molar-refractivity contribution in [2.24, 2.45) is 0 Å². The van der Waals surface area contributed by atoms with Crippen LogP contribution < -0.4 is 20.1 Å². The molecule has 0 aromatic heterocycles. The Morgan fingerprint density at radius 3 is 2.56 bits per heavy atom. The number of carbonyl (C=O) groups is 2. The Morgan fingerprint density at radius 2 is 1.74 bits per heavy atom. The lowest BCUT2D eigenvalue weighted by Crippen LogP contribution is -2.50. The van der Waals surface area contributed by atoms with Crippen molar-refractivity contribution in [1.82, 2.24) is 9.80 Å². The van der Waals surface area contributed by atoms with Crippen LogP contribution in [0, 0.1) is 0 Å². The number of amides is 2. The number of carbonyl (C=O) groups excluding carboxylic acids is 2. The highest BCUT2D eigenvalue weighted by molar-refractivity contribution is 6.10. The van der Waals surface area contributed by atoms with Crippen molar-refractivity contribution in [3.63, 3.8) is 0 Å². The lowest BCUT2D eigenvalue weighted by Gasteiger charge is -2.35. The molecule has 2 saturated heterocycles. The second-order valence-corrected chi connectivity index (χ2v) is 8.83. The van der Waals surface area contributed by atoms with Gasteiger partial charge in [-0.25, -0.2) is 0 Å². The van der Waals surface area contributed by atoms with Crippen LogP contribution >= 0.6 is 0 Å². The Kier molecular flexibility index (Phi) is 6.94. The summed E-state index contributed by atoms with van der Waals surface area (Å²) in [5, 5.41) is 5.78. The quantitative estimate of drug-likeness (QED) is 0.647. The van der Waals surface area contributed by atoms with Crippen molar-refractivity contribution in [3.05, 3.63) is 48.0 Å². The zero-order chi connectivity index (χ0) is 23.3. The number of rotatable bonds is 7. The molecule has 3 heterocycles. The molecule has 9 heteroatoms. The highest BCUT2D eigenvalue weighted by Crippen LogP contribution is 2.34. The van der Waals surface area contributed by atoms with Gasteiger partial charge in [0, 0.05) is 51.1 Å². The van der Waals surface area contributed by atoms with Gasteiger partial charge >= 0.3 is 0 Å². The van der Waals surface area contributed by atoms with Crippen LogP contribution in [0.25, 0.3) is 0 Å². The minimum Gasteiger partial charge on any atom is -0.454 e. The van der Waals surface area contributed by atoms with E-state index in [0.717, 1.165) is 52.2 Å². The molecular formula is C25H30N4O5. The Morgan fingerprint density at radius 1 is 0.941 bits per heavy atom. The number of piperazine rings is 1. The van der Waals surface area contributed by atoms with E-state index in [0.29, 0.717) is 41.1 Å². The number of anilines is 2. The number of ether oxygens (including phenoxy) is 3. The smallest absolute Gasteiger partial charge is 0.257 e. The van der Waals surface area contributed by atoms with Gasteiger partial charge in [0.2, 0.25) is 12.7 Å². The van der Waals surface area contributed by atoms with E-state index in [4.69, 9.17) is 14.2 Å². The highest BCUT2D eigenvalue weighted by Gasteiger charge is 2.24. The van der Waals surface area contributed by atoms with Crippen molar-refractivity contribution in [1.29, 1.82) is 0 Å². The third-order valence-electron chi connectivity index (χ3n) is 6.39. The van der Waals surface area contributed by atoms with Crippen LogP contribution in [0.1, 0.15) is 23.2 Å². The number of nitrogens with one attached hydrogen (secondary N) is 2. The van der Waals surface area contributed by atoms with Gasteiger partial charge in [-0.1, -0.05) is 12.1 Å². The molecule has 2 aromatic rings. The van der Waals surface area contributed by atoms with E-state index in [1.165, 1.54) is 0 Å². The third-order valence-corrected chi connectivity index (χ3v) is 6.39. The molecule has 2 amide bonds. The summed E-state index contributed by atoms with van der Waals surface area (Å²) in [5.41, 5.74) is 1.48. The van der Waals surface area contributed by atoms with Crippen molar-refractivity contribution < 1.29 is 23.8 Å². The molecule has 2 fully saturated rings. The van der Waals surface area contributed by atoms with Gasteiger partial charge in [0.25, 0.3) is 5.91 Å². The van der Waals surface area contributed by atoms with Crippen LogP contribution in [0.2, 0.25) is 0 Å². The normalized spacial score (nSPS) is 20.3.